The number of H-pyrrole nitrogens is 1. The summed E-state index contributed by atoms with van der Waals surface area (Å²) in [4.78, 5) is 35.2. The van der Waals surface area contributed by atoms with Gasteiger partial charge in [-0.25, -0.2) is 0 Å². The first kappa shape index (κ1) is 19.3. The topological polar surface area (TPSA) is 96.5 Å². The highest BCUT2D eigenvalue weighted by Gasteiger charge is 2.34. The average molecular weight is 398 g/mol. The minimum atomic E-state index is -0.463. The Morgan fingerprint density at radius 3 is 2.59 bits per heavy atom. The third kappa shape index (κ3) is 3.54. The number of amides is 1. The highest BCUT2D eigenvalue weighted by Crippen LogP contribution is 2.42. The van der Waals surface area contributed by atoms with Gasteiger partial charge in [0.25, 0.3) is 5.56 Å². The van der Waals surface area contributed by atoms with Gasteiger partial charge in [-0.3, -0.25) is 14.6 Å². The van der Waals surface area contributed by atoms with Crippen LogP contribution in [0.5, 0.6) is 11.5 Å². The number of para-hydroxylation sites is 1. The number of carbonyl (C=O) groups is 1. The van der Waals surface area contributed by atoms with E-state index in [0.717, 1.165) is 31.5 Å². The molecule has 29 heavy (non-hydrogen) atoms. The second-order valence-electron chi connectivity index (χ2n) is 7.71. The summed E-state index contributed by atoms with van der Waals surface area (Å²) in [6, 6.07) is 5.47. The van der Waals surface area contributed by atoms with Gasteiger partial charge in [0.2, 0.25) is 11.9 Å². The molecule has 8 nitrogen and oxygen atoms in total. The lowest BCUT2D eigenvalue weighted by Crippen LogP contribution is -2.37. The number of aromatic amines is 1. The summed E-state index contributed by atoms with van der Waals surface area (Å²) in [7, 11) is 3.11. The van der Waals surface area contributed by atoms with Crippen LogP contribution >= 0.6 is 0 Å². The highest BCUT2D eigenvalue weighted by atomic mass is 16.5. The smallest absolute Gasteiger partial charge is 0.258 e. The lowest BCUT2D eigenvalue weighted by molar-refractivity contribution is -0.116. The first-order chi connectivity index (χ1) is 14.0. The number of anilines is 2. The molecule has 0 radical (unpaired) electrons. The van der Waals surface area contributed by atoms with E-state index in [-0.39, 0.29) is 17.9 Å². The molecule has 2 aliphatic rings. The fourth-order valence-corrected chi connectivity index (χ4v) is 4.18. The van der Waals surface area contributed by atoms with E-state index in [9.17, 15) is 9.59 Å². The van der Waals surface area contributed by atoms with Crippen LogP contribution in [0.2, 0.25) is 0 Å². The predicted octanol–water partition coefficient (Wildman–Crippen LogP) is 2.50. The molecule has 2 aliphatic heterocycles. The van der Waals surface area contributed by atoms with Crippen molar-refractivity contribution in [3.63, 3.8) is 0 Å². The van der Waals surface area contributed by atoms with Gasteiger partial charge in [-0.05, 0) is 24.8 Å². The van der Waals surface area contributed by atoms with E-state index in [2.05, 4.69) is 27.1 Å². The van der Waals surface area contributed by atoms with Crippen LogP contribution in [0.25, 0.3) is 0 Å². The second-order valence-corrected chi connectivity index (χ2v) is 7.71. The minimum absolute atomic E-state index is 0.141. The number of carbonyl (C=O) groups excluding carboxylic acids is 1. The van der Waals surface area contributed by atoms with Gasteiger partial charge in [0.1, 0.15) is 5.82 Å². The lowest BCUT2D eigenvalue weighted by atomic mass is 9.86. The maximum absolute atomic E-state index is 13.1. The molecule has 1 fully saturated rings. The summed E-state index contributed by atoms with van der Waals surface area (Å²) in [5.74, 6) is 1.95. The minimum Gasteiger partial charge on any atom is -0.493 e. The van der Waals surface area contributed by atoms with Crippen molar-refractivity contribution in [2.75, 3.05) is 37.5 Å². The third-order valence-corrected chi connectivity index (χ3v) is 5.83. The molecular formula is C21H26N4O4. The number of nitrogens with one attached hydrogen (secondary N) is 2. The van der Waals surface area contributed by atoms with Crippen LogP contribution in [0, 0.1) is 5.92 Å². The highest BCUT2D eigenvalue weighted by molar-refractivity contribution is 5.94. The molecular weight excluding hydrogens is 372 g/mol. The Morgan fingerprint density at radius 2 is 1.90 bits per heavy atom. The van der Waals surface area contributed by atoms with Crippen molar-refractivity contribution in [3.8, 4) is 11.5 Å². The van der Waals surface area contributed by atoms with Crippen molar-refractivity contribution in [2.24, 2.45) is 5.92 Å². The van der Waals surface area contributed by atoms with Gasteiger partial charge < -0.3 is 19.7 Å². The number of ether oxygens (including phenoxy) is 2. The monoisotopic (exact) mass is 398 g/mol. The number of rotatable bonds is 4. The first-order valence-corrected chi connectivity index (χ1v) is 9.91. The summed E-state index contributed by atoms with van der Waals surface area (Å²) >= 11 is 0. The number of methoxy groups -OCH3 is 2. The molecule has 8 heteroatoms. The number of aromatic nitrogens is 2. The van der Waals surface area contributed by atoms with Gasteiger partial charge >= 0.3 is 0 Å². The molecule has 2 N–H and O–H groups in total. The van der Waals surface area contributed by atoms with Gasteiger partial charge in [-0.1, -0.05) is 19.1 Å². The predicted molar refractivity (Wildman–Crippen MR) is 110 cm³/mol. The molecule has 0 saturated carbocycles. The van der Waals surface area contributed by atoms with Crippen molar-refractivity contribution in [2.45, 2.75) is 32.1 Å². The summed E-state index contributed by atoms with van der Waals surface area (Å²) in [6.45, 7) is 3.90. The molecule has 1 amide bonds. The molecule has 2 aromatic rings. The Labute approximate surface area is 169 Å². The molecule has 1 saturated heterocycles. The van der Waals surface area contributed by atoms with E-state index >= 15 is 0 Å². The van der Waals surface area contributed by atoms with Crippen LogP contribution in [-0.2, 0) is 4.79 Å². The normalized spacial score (nSPS) is 19.5. The Hall–Kier alpha value is -3.03. The largest absolute Gasteiger partial charge is 0.493 e. The van der Waals surface area contributed by atoms with E-state index in [1.165, 1.54) is 0 Å². The van der Waals surface area contributed by atoms with Crippen LogP contribution in [0.1, 0.15) is 43.2 Å². The fraction of sp³-hybridized carbons (Fsp3) is 0.476. The molecule has 4 rings (SSSR count). The van der Waals surface area contributed by atoms with Gasteiger partial charge in [0.05, 0.1) is 19.8 Å². The van der Waals surface area contributed by atoms with Crippen molar-refractivity contribution < 1.29 is 14.3 Å². The van der Waals surface area contributed by atoms with Crippen molar-refractivity contribution in [1.29, 1.82) is 0 Å². The molecule has 0 aliphatic carbocycles. The van der Waals surface area contributed by atoms with Crippen LogP contribution in [0.15, 0.2) is 23.0 Å². The van der Waals surface area contributed by atoms with E-state index < -0.39 is 5.92 Å². The molecule has 1 aromatic carbocycles. The SMILES string of the molecule is COc1cccc(C2CC(=O)Nc3nc(N4CCC(C)CC4)[nH]c(=O)c32)c1OC. The van der Waals surface area contributed by atoms with Gasteiger partial charge in [0.15, 0.2) is 11.5 Å². The Kier molecular flexibility index (Phi) is 5.17. The summed E-state index contributed by atoms with van der Waals surface area (Å²) in [5.41, 5.74) is 0.943. The lowest BCUT2D eigenvalue weighted by Gasteiger charge is -2.32. The zero-order valence-corrected chi connectivity index (χ0v) is 16.9. The third-order valence-electron chi connectivity index (χ3n) is 5.83. The Bertz CT molecular complexity index is 979. The van der Waals surface area contributed by atoms with Crippen molar-refractivity contribution in [3.05, 3.63) is 39.7 Å². The second kappa shape index (κ2) is 7.77. The van der Waals surface area contributed by atoms with E-state index in [4.69, 9.17) is 9.47 Å². The quantitative estimate of drug-likeness (QED) is 0.821. The number of benzene rings is 1. The molecule has 0 spiro atoms. The maximum atomic E-state index is 13.1. The number of hydrogen-bond acceptors (Lipinski definition) is 6. The van der Waals surface area contributed by atoms with E-state index in [1.54, 1.807) is 20.3 Å². The zero-order valence-electron chi connectivity index (χ0n) is 16.9. The van der Waals surface area contributed by atoms with Gasteiger partial charge in [0, 0.05) is 31.0 Å². The molecule has 3 heterocycles. The summed E-state index contributed by atoms with van der Waals surface area (Å²) in [5, 5.41) is 2.79. The number of fused-ring (bicyclic) bond motifs is 1. The van der Waals surface area contributed by atoms with Crippen molar-refractivity contribution >= 4 is 17.7 Å². The average Bonchev–Trinajstić information content (AvgIpc) is 2.72. The molecule has 154 valence electrons. The van der Waals surface area contributed by atoms with Gasteiger partial charge in [-0.2, -0.15) is 4.98 Å². The molecule has 1 atom stereocenters. The van der Waals surface area contributed by atoms with Crippen molar-refractivity contribution in [1.82, 2.24) is 9.97 Å². The summed E-state index contributed by atoms with van der Waals surface area (Å²) < 4.78 is 10.9. The van der Waals surface area contributed by atoms with Crippen LogP contribution in [0.3, 0.4) is 0 Å². The summed E-state index contributed by atoms with van der Waals surface area (Å²) in [6.07, 6.45) is 2.25. The van der Waals surface area contributed by atoms with Gasteiger partial charge in [-0.15, -0.1) is 0 Å². The Morgan fingerprint density at radius 1 is 1.14 bits per heavy atom. The van der Waals surface area contributed by atoms with E-state index in [0.29, 0.717) is 34.7 Å². The van der Waals surface area contributed by atoms with Crippen LogP contribution < -0.4 is 25.2 Å². The maximum Gasteiger partial charge on any atom is 0.258 e. The van der Waals surface area contributed by atoms with E-state index in [1.807, 2.05) is 12.1 Å². The van der Waals surface area contributed by atoms with Crippen LogP contribution in [-0.4, -0.2) is 43.2 Å². The zero-order chi connectivity index (χ0) is 20.5. The molecule has 1 unspecified atom stereocenters. The Balaban J connectivity index is 1.78. The fourth-order valence-electron chi connectivity index (χ4n) is 4.18. The first-order valence-electron chi connectivity index (χ1n) is 9.91. The molecule has 1 aromatic heterocycles. The molecule has 0 bridgehead atoms. The standard InChI is InChI=1S/C21H26N4O4/c1-12-7-9-25(10-8-12)21-23-19-17(20(27)24-21)14(11-16(26)22-19)13-5-4-6-15(28-2)18(13)29-3/h4-6,12,14H,7-11H2,1-3H3,(H2,22,23,24,26,27). The van der Waals surface area contributed by atoms with Crippen LogP contribution in [0.4, 0.5) is 11.8 Å². The number of nitrogens with zero attached hydrogens (tertiary/aromatic N) is 2. The number of piperidine rings is 1. The number of hydrogen-bond donors (Lipinski definition) is 2.